The Hall–Kier alpha value is -2.57. The van der Waals surface area contributed by atoms with Crippen LogP contribution in [0.25, 0.3) is 0 Å². The summed E-state index contributed by atoms with van der Waals surface area (Å²) >= 11 is 7.49. The molecule has 0 atom stereocenters. The summed E-state index contributed by atoms with van der Waals surface area (Å²) in [5, 5.41) is 8.59. The molecule has 0 aliphatic rings. The van der Waals surface area contributed by atoms with Crippen LogP contribution in [-0.4, -0.2) is 24.0 Å². The minimum absolute atomic E-state index is 0.0350. The molecule has 0 aliphatic carbocycles. The third-order valence-electron chi connectivity index (χ3n) is 3.50. The minimum atomic E-state index is -0.0350. The number of carbonyl (C=O) groups excluding carboxylic acids is 1. The third-order valence-corrected chi connectivity index (χ3v) is 4.66. The lowest BCUT2D eigenvalue weighted by molar-refractivity contribution is -0.119. The second-order valence-corrected chi connectivity index (χ2v) is 6.94. The number of anilines is 1. The smallest absolute Gasteiger partial charge is 0.239 e. The number of ether oxygens (including phenoxy) is 1. The van der Waals surface area contributed by atoms with Crippen LogP contribution in [0.5, 0.6) is 11.6 Å². The molecule has 1 amide bonds. The summed E-state index contributed by atoms with van der Waals surface area (Å²) in [7, 11) is 0. The van der Waals surface area contributed by atoms with Gasteiger partial charge < -0.3 is 15.4 Å². The van der Waals surface area contributed by atoms with Crippen molar-refractivity contribution in [2.45, 2.75) is 6.42 Å². The van der Waals surface area contributed by atoms with Gasteiger partial charge in [-0.25, -0.2) is 4.98 Å². The maximum atomic E-state index is 11.9. The molecule has 134 valence electrons. The van der Waals surface area contributed by atoms with Crippen molar-refractivity contribution in [3.05, 3.63) is 70.0 Å². The predicted molar refractivity (Wildman–Crippen MR) is 105 cm³/mol. The van der Waals surface area contributed by atoms with Gasteiger partial charge in [0.15, 0.2) is 0 Å². The van der Waals surface area contributed by atoms with Crippen LogP contribution >= 0.6 is 22.9 Å². The molecule has 0 radical (unpaired) electrons. The van der Waals surface area contributed by atoms with E-state index < -0.39 is 0 Å². The van der Waals surface area contributed by atoms with Crippen LogP contribution < -0.4 is 15.4 Å². The predicted octanol–water partition coefficient (Wildman–Crippen LogP) is 4.36. The molecule has 5 nitrogen and oxygen atoms in total. The number of rotatable bonds is 8. The fourth-order valence-corrected chi connectivity index (χ4v) is 3.03. The molecule has 0 fully saturated rings. The summed E-state index contributed by atoms with van der Waals surface area (Å²) < 4.78 is 5.63. The molecule has 2 N–H and O–H groups in total. The van der Waals surface area contributed by atoms with E-state index in [-0.39, 0.29) is 12.5 Å². The van der Waals surface area contributed by atoms with Gasteiger partial charge >= 0.3 is 0 Å². The SMILES string of the molecule is O=C(CNc1ccc(Oc2ccc(Cl)cn2)cc1)NCCc1cccs1. The number of hydrogen-bond donors (Lipinski definition) is 2. The highest BCUT2D eigenvalue weighted by Crippen LogP contribution is 2.22. The molecule has 0 saturated heterocycles. The van der Waals surface area contributed by atoms with Crippen molar-refractivity contribution in [1.29, 1.82) is 0 Å². The first-order chi connectivity index (χ1) is 12.7. The summed E-state index contributed by atoms with van der Waals surface area (Å²) in [6, 6.07) is 14.8. The number of thiophene rings is 1. The fourth-order valence-electron chi connectivity index (χ4n) is 2.21. The number of nitrogens with one attached hydrogen (secondary N) is 2. The summed E-state index contributed by atoms with van der Waals surface area (Å²) in [6.45, 7) is 0.866. The number of aromatic nitrogens is 1. The lowest BCUT2D eigenvalue weighted by Crippen LogP contribution is -2.31. The van der Waals surface area contributed by atoms with Crippen LogP contribution in [0.15, 0.2) is 60.1 Å². The molecule has 0 saturated carbocycles. The van der Waals surface area contributed by atoms with Crippen molar-refractivity contribution in [1.82, 2.24) is 10.3 Å². The second kappa shape index (κ2) is 9.22. The van der Waals surface area contributed by atoms with E-state index >= 15 is 0 Å². The Morgan fingerprint density at radius 2 is 2.00 bits per heavy atom. The normalized spacial score (nSPS) is 10.3. The highest BCUT2D eigenvalue weighted by atomic mass is 35.5. The van der Waals surface area contributed by atoms with E-state index in [1.165, 1.54) is 11.1 Å². The van der Waals surface area contributed by atoms with Crippen LogP contribution in [0.4, 0.5) is 5.69 Å². The van der Waals surface area contributed by atoms with E-state index in [4.69, 9.17) is 16.3 Å². The first-order valence-corrected chi connectivity index (χ1v) is 9.37. The number of benzene rings is 1. The molecule has 0 bridgehead atoms. The van der Waals surface area contributed by atoms with Crippen molar-refractivity contribution in [3.8, 4) is 11.6 Å². The van der Waals surface area contributed by atoms with E-state index in [1.807, 2.05) is 35.7 Å². The first-order valence-electron chi connectivity index (χ1n) is 8.11. The monoisotopic (exact) mass is 387 g/mol. The first kappa shape index (κ1) is 18.2. The zero-order valence-electron chi connectivity index (χ0n) is 13.9. The number of nitrogens with zero attached hydrogens (tertiary/aromatic N) is 1. The number of pyridine rings is 1. The number of halogens is 1. The standard InChI is InChI=1S/C19H18ClN3O2S/c20-14-3-8-19(23-12-14)25-16-6-4-15(5-7-16)22-13-18(24)21-10-9-17-2-1-11-26-17/h1-8,11-12,22H,9-10,13H2,(H,21,24). The van der Waals surface area contributed by atoms with Crippen LogP contribution in [0, 0.1) is 0 Å². The Labute approximate surface area is 161 Å². The van der Waals surface area contributed by atoms with Gasteiger partial charge in [-0.3, -0.25) is 4.79 Å². The fraction of sp³-hybridized carbons (Fsp3) is 0.158. The van der Waals surface area contributed by atoms with Gasteiger partial charge in [-0.05, 0) is 48.2 Å². The lowest BCUT2D eigenvalue weighted by atomic mass is 10.3. The van der Waals surface area contributed by atoms with Gasteiger partial charge in [0.1, 0.15) is 5.75 Å². The van der Waals surface area contributed by atoms with Crippen LogP contribution in [0.2, 0.25) is 5.02 Å². The summed E-state index contributed by atoms with van der Waals surface area (Å²) in [6.07, 6.45) is 2.39. The summed E-state index contributed by atoms with van der Waals surface area (Å²) in [4.78, 5) is 17.2. The van der Waals surface area contributed by atoms with Crippen molar-refractivity contribution >= 4 is 34.5 Å². The van der Waals surface area contributed by atoms with Crippen LogP contribution in [-0.2, 0) is 11.2 Å². The highest BCUT2D eigenvalue weighted by Gasteiger charge is 2.03. The molecule has 0 unspecified atom stereocenters. The Balaban J connectivity index is 1.40. The van der Waals surface area contributed by atoms with Crippen LogP contribution in [0.1, 0.15) is 4.88 Å². The quantitative estimate of drug-likeness (QED) is 0.602. The van der Waals surface area contributed by atoms with Crippen molar-refractivity contribution < 1.29 is 9.53 Å². The average Bonchev–Trinajstić information content (AvgIpc) is 3.16. The van der Waals surface area contributed by atoms with Crippen molar-refractivity contribution in [3.63, 3.8) is 0 Å². The van der Waals surface area contributed by atoms with E-state index in [2.05, 4.69) is 21.7 Å². The molecule has 26 heavy (non-hydrogen) atoms. The van der Waals surface area contributed by atoms with Crippen molar-refractivity contribution in [2.24, 2.45) is 0 Å². The van der Waals surface area contributed by atoms with E-state index in [9.17, 15) is 4.79 Å². The lowest BCUT2D eigenvalue weighted by Gasteiger charge is -2.09. The molecular formula is C19H18ClN3O2S. The minimum Gasteiger partial charge on any atom is -0.439 e. The van der Waals surface area contributed by atoms with Gasteiger partial charge in [-0.1, -0.05) is 17.7 Å². The van der Waals surface area contributed by atoms with Gasteiger partial charge in [-0.2, -0.15) is 0 Å². The number of amides is 1. The highest BCUT2D eigenvalue weighted by molar-refractivity contribution is 7.09. The molecular weight excluding hydrogens is 370 g/mol. The van der Waals surface area contributed by atoms with E-state index in [1.54, 1.807) is 23.5 Å². The summed E-state index contributed by atoms with van der Waals surface area (Å²) in [5.74, 6) is 1.10. The topological polar surface area (TPSA) is 63.2 Å². The molecule has 2 heterocycles. The third kappa shape index (κ3) is 5.75. The van der Waals surface area contributed by atoms with Gasteiger partial charge in [0.05, 0.1) is 11.6 Å². The van der Waals surface area contributed by atoms with Crippen LogP contribution in [0.3, 0.4) is 0 Å². The summed E-state index contributed by atoms with van der Waals surface area (Å²) in [5.41, 5.74) is 0.842. The second-order valence-electron chi connectivity index (χ2n) is 5.47. The largest absolute Gasteiger partial charge is 0.439 e. The maximum absolute atomic E-state index is 11.9. The molecule has 0 aliphatic heterocycles. The molecule has 0 spiro atoms. The molecule has 2 aromatic heterocycles. The van der Waals surface area contributed by atoms with E-state index in [0.717, 1.165) is 12.1 Å². The maximum Gasteiger partial charge on any atom is 0.239 e. The van der Waals surface area contributed by atoms with Gasteiger partial charge in [-0.15, -0.1) is 11.3 Å². The Morgan fingerprint density at radius 3 is 2.69 bits per heavy atom. The zero-order chi connectivity index (χ0) is 18.2. The van der Waals surface area contributed by atoms with Crippen molar-refractivity contribution in [2.75, 3.05) is 18.4 Å². The molecule has 3 rings (SSSR count). The number of hydrogen-bond acceptors (Lipinski definition) is 5. The zero-order valence-corrected chi connectivity index (χ0v) is 15.5. The van der Waals surface area contributed by atoms with E-state index in [0.29, 0.717) is 23.2 Å². The average molecular weight is 388 g/mol. The molecule has 7 heteroatoms. The Bertz CT molecular complexity index is 821. The Kier molecular flexibility index (Phi) is 6.46. The molecule has 3 aromatic rings. The Morgan fingerprint density at radius 1 is 1.15 bits per heavy atom. The molecule has 1 aromatic carbocycles. The van der Waals surface area contributed by atoms with Gasteiger partial charge in [0.2, 0.25) is 11.8 Å². The number of carbonyl (C=O) groups is 1. The van der Waals surface area contributed by atoms with Gasteiger partial charge in [0, 0.05) is 29.4 Å². The van der Waals surface area contributed by atoms with Gasteiger partial charge in [0.25, 0.3) is 0 Å².